The van der Waals surface area contributed by atoms with Gasteiger partial charge in [-0.1, -0.05) is 13.8 Å². The molecule has 0 radical (unpaired) electrons. The number of aliphatic hydroxyl groups excluding tert-OH is 1. The van der Waals surface area contributed by atoms with Crippen molar-refractivity contribution >= 4 is 18.3 Å². The Kier molecular flexibility index (Phi) is 6.95. The first-order valence-corrected chi connectivity index (χ1v) is 8.05. The monoisotopic (exact) mass is 318 g/mol. The van der Waals surface area contributed by atoms with Gasteiger partial charge in [0.05, 0.1) is 6.10 Å². The molecule has 2 bridgehead atoms. The molecule has 3 atom stereocenters. The molecule has 3 N–H and O–H groups in total. The van der Waals surface area contributed by atoms with E-state index in [2.05, 4.69) is 24.5 Å². The van der Waals surface area contributed by atoms with E-state index >= 15 is 0 Å². The third-order valence-electron chi connectivity index (χ3n) is 4.66. The topological polar surface area (TPSA) is 61.4 Å². The fourth-order valence-corrected chi connectivity index (χ4v) is 3.89. The van der Waals surface area contributed by atoms with Crippen molar-refractivity contribution in [3.63, 3.8) is 0 Å². The summed E-state index contributed by atoms with van der Waals surface area (Å²) in [5.74, 6) is 0.726. The second-order valence-electron chi connectivity index (χ2n) is 7.67. The minimum absolute atomic E-state index is 0. The summed E-state index contributed by atoms with van der Waals surface area (Å²) in [7, 11) is 0. The molecule has 2 heterocycles. The first-order chi connectivity index (χ1) is 9.34. The lowest BCUT2D eigenvalue weighted by Crippen LogP contribution is -2.41. The first-order valence-electron chi connectivity index (χ1n) is 8.05. The molecule has 0 saturated carbocycles. The van der Waals surface area contributed by atoms with Crippen LogP contribution in [-0.4, -0.2) is 35.7 Å². The van der Waals surface area contributed by atoms with Crippen LogP contribution in [0.15, 0.2) is 0 Å². The highest BCUT2D eigenvalue weighted by Gasteiger charge is 2.34. The molecule has 0 aromatic rings. The highest BCUT2D eigenvalue weighted by Crippen LogP contribution is 2.32. The Bertz CT molecular complexity index is 335. The lowest BCUT2D eigenvalue weighted by molar-refractivity contribution is -0.122. The van der Waals surface area contributed by atoms with Gasteiger partial charge in [0.1, 0.15) is 0 Å². The van der Waals surface area contributed by atoms with Gasteiger partial charge in [-0.05, 0) is 50.4 Å². The summed E-state index contributed by atoms with van der Waals surface area (Å²) >= 11 is 0. The quantitative estimate of drug-likeness (QED) is 0.704. The summed E-state index contributed by atoms with van der Waals surface area (Å²) < 4.78 is 0. The van der Waals surface area contributed by atoms with Crippen LogP contribution in [0.5, 0.6) is 0 Å². The van der Waals surface area contributed by atoms with Gasteiger partial charge in [-0.25, -0.2) is 0 Å². The fourth-order valence-electron chi connectivity index (χ4n) is 3.89. The van der Waals surface area contributed by atoms with E-state index in [-0.39, 0.29) is 29.8 Å². The summed E-state index contributed by atoms with van der Waals surface area (Å²) in [6.45, 7) is 6.62. The summed E-state index contributed by atoms with van der Waals surface area (Å²) in [6.07, 6.45) is 5.93. The largest absolute Gasteiger partial charge is 0.393 e. The second-order valence-corrected chi connectivity index (χ2v) is 7.67. The maximum absolute atomic E-state index is 12.1. The van der Waals surface area contributed by atoms with E-state index in [1.807, 2.05) is 0 Å². The number of fused-ring (bicyclic) bond motifs is 2. The molecule has 4 nitrogen and oxygen atoms in total. The molecule has 1 amide bonds. The standard InChI is InChI=1S/C16H30N2O2.ClH/c1-11(19)9-16(2,3)10-17-15(20)8-12-6-13-4-5-14(7-12)18-13;/h11-14,18-19H,4-10H2,1-3H3,(H,17,20);1H. The Morgan fingerprint density at radius 2 is 1.90 bits per heavy atom. The molecule has 124 valence electrons. The van der Waals surface area contributed by atoms with Crippen LogP contribution >= 0.6 is 12.4 Å². The lowest BCUT2D eigenvalue weighted by atomic mass is 9.86. The third-order valence-corrected chi connectivity index (χ3v) is 4.66. The van der Waals surface area contributed by atoms with Crippen molar-refractivity contribution in [2.45, 2.75) is 77.5 Å². The number of aliphatic hydroxyl groups is 1. The fraction of sp³-hybridized carbons (Fsp3) is 0.938. The SMILES string of the molecule is CC(O)CC(C)(C)CNC(=O)CC1CC2CCC(C1)N2.Cl. The van der Waals surface area contributed by atoms with Crippen molar-refractivity contribution in [3.05, 3.63) is 0 Å². The molecule has 0 spiro atoms. The van der Waals surface area contributed by atoms with Gasteiger partial charge in [0, 0.05) is 25.0 Å². The van der Waals surface area contributed by atoms with Crippen LogP contribution in [0, 0.1) is 11.3 Å². The molecule has 2 aliphatic rings. The summed E-state index contributed by atoms with van der Waals surface area (Å²) in [4.78, 5) is 12.1. The van der Waals surface area contributed by atoms with Crippen molar-refractivity contribution in [3.8, 4) is 0 Å². The third kappa shape index (κ3) is 6.13. The number of nitrogens with one attached hydrogen (secondary N) is 2. The molecule has 21 heavy (non-hydrogen) atoms. The number of halogens is 1. The van der Waals surface area contributed by atoms with Crippen LogP contribution < -0.4 is 10.6 Å². The molecule has 0 aromatic heterocycles. The first kappa shape index (κ1) is 18.7. The molecule has 0 aromatic carbocycles. The van der Waals surface area contributed by atoms with Crippen LogP contribution in [0.25, 0.3) is 0 Å². The molecule has 0 aliphatic carbocycles. The molecule has 3 unspecified atom stereocenters. The zero-order chi connectivity index (χ0) is 14.8. The molecule has 2 rings (SSSR count). The van der Waals surface area contributed by atoms with Gasteiger partial charge in [0.25, 0.3) is 0 Å². The summed E-state index contributed by atoms with van der Waals surface area (Å²) in [6, 6.07) is 1.30. The average Bonchev–Trinajstić information content (AvgIpc) is 2.65. The number of carbonyl (C=O) groups is 1. The highest BCUT2D eigenvalue weighted by molar-refractivity contribution is 5.85. The van der Waals surface area contributed by atoms with Crippen molar-refractivity contribution in [1.82, 2.24) is 10.6 Å². The summed E-state index contributed by atoms with van der Waals surface area (Å²) in [5, 5.41) is 16.1. The average molecular weight is 319 g/mol. The van der Waals surface area contributed by atoms with Gasteiger partial charge < -0.3 is 15.7 Å². The molecule has 2 aliphatic heterocycles. The van der Waals surface area contributed by atoms with Gasteiger partial charge in [0.2, 0.25) is 5.91 Å². The van der Waals surface area contributed by atoms with Gasteiger partial charge in [-0.3, -0.25) is 4.79 Å². The van der Waals surface area contributed by atoms with E-state index in [4.69, 9.17) is 0 Å². The molecule has 2 fully saturated rings. The minimum Gasteiger partial charge on any atom is -0.393 e. The lowest BCUT2D eigenvalue weighted by Gasteiger charge is -2.30. The number of hydrogen-bond donors (Lipinski definition) is 3. The number of hydrogen-bond acceptors (Lipinski definition) is 3. The Balaban J connectivity index is 0.00000220. The molecular formula is C16H31ClN2O2. The molecule has 5 heteroatoms. The molecule has 2 saturated heterocycles. The highest BCUT2D eigenvalue weighted by atomic mass is 35.5. The van der Waals surface area contributed by atoms with Gasteiger partial charge >= 0.3 is 0 Å². The smallest absolute Gasteiger partial charge is 0.220 e. The Morgan fingerprint density at radius 1 is 1.33 bits per heavy atom. The van der Waals surface area contributed by atoms with Crippen molar-refractivity contribution in [2.24, 2.45) is 11.3 Å². The van der Waals surface area contributed by atoms with Crippen molar-refractivity contribution in [1.29, 1.82) is 0 Å². The summed E-state index contributed by atoms with van der Waals surface area (Å²) in [5.41, 5.74) is -0.0447. The zero-order valence-corrected chi connectivity index (χ0v) is 14.3. The number of piperidine rings is 1. The van der Waals surface area contributed by atoms with E-state index in [9.17, 15) is 9.90 Å². The van der Waals surface area contributed by atoms with Gasteiger partial charge in [0.15, 0.2) is 0 Å². The van der Waals surface area contributed by atoms with Crippen LogP contribution in [0.4, 0.5) is 0 Å². The van der Waals surface area contributed by atoms with Crippen LogP contribution in [-0.2, 0) is 4.79 Å². The van der Waals surface area contributed by atoms with Crippen LogP contribution in [0.3, 0.4) is 0 Å². The Morgan fingerprint density at radius 3 is 2.43 bits per heavy atom. The number of amides is 1. The van der Waals surface area contributed by atoms with Crippen LogP contribution in [0.2, 0.25) is 0 Å². The van der Waals surface area contributed by atoms with Gasteiger partial charge in [-0.2, -0.15) is 0 Å². The van der Waals surface area contributed by atoms with Crippen LogP contribution in [0.1, 0.15) is 59.3 Å². The molecular weight excluding hydrogens is 288 g/mol. The normalized spacial score (nSPS) is 29.6. The predicted octanol–water partition coefficient (Wildman–Crippen LogP) is 2.24. The van der Waals surface area contributed by atoms with Crippen molar-refractivity contribution < 1.29 is 9.90 Å². The zero-order valence-electron chi connectivity index (χ0n) is 13.5. The van der Waals surface area contributed by atoms with Gasteiger partial charge in [-0.15, -0.1) is 12.4 Å². The van der Waals surface area contributed by atoms with E-state index in [1.54, 1.807) is 6.92 Å². The minimum atomic E-state index is -0.318. The predicted molar refractivity (Wildman–Crippen MR) is 87.6 cm³/mol. The Labute approximate surface area is 134 Å². The van der Waals surface area contributed by atoms with E-state index in [0.29, 0.717) is 37.4 Å². The second kappa shape index (κ2) is 7.80. The van der Waals surface area contributed by atoms with E-state index < -0.39 is 0 Å². The number of rotatable bonds is 6. The van der Waals surface area contributed by atoms with E-state index in [0.717, 1.165) is 12.8 Å². The van der Waals surface area contributed by atoms with Crippen molar-refractivity contribution in [2.75, 3.05) is 6.54 Å². The Hall–Kier alpha value is -0.320. The maximum atomic E-state index is 12.1. The van der Waals surface area contributed by atoms with E-state index in [1.165, 1.54) is 12.8 Å². The number of carbonyl (C=O) groups excluding carboxylic acids is 1. The maximum Gasteiger partial charge on any atom is 0.220 e.